The lowest BCUT2D eigenvalue weighted by Gasteiger charge is -2.38. The smallest absolute Gasteiger partial charge is 0.419 e. The second-order valence-corrected chi connectivity index (χ2v) is 7.72. The molecule has 30 heavy (non-hydrogen) atoms. The van der Waals surface area contributed by atoms with Crippen molar-refractivity contribution in [3.05, 3.63) is 69.7 Å². The number of fused-ring (bicyclic) bond motifs is 1. The number of halogens is 1. The molecule has 0 spiro atoms. The lowest BCUT2D eigenvalue weighted by Crippen LogP contribution is -2.50. The first kappa shape index (κ1) is 20.7. The summed E-state index contributed by atoms with van der Waals surface area (Å²) in [6, 6.07) is 14.3. The summed E-state index contributed by atoms with van der Waals surface area (Å²) in [5, 5.41) is 0.557. The molecule has 1 fully saturated rings. The van der Waals surface area contributed by atoms with Crippen molar-refractivity contribution >= 4 is 28.7 Å². The van der Waals surface area contributed by atoms with Crippen molar-refractivity contribution in [1.82, 2.24) is 14.4 Å². The molecule has 3 aromatic rings. The number of aromatic nitrogens is 1. The van der Waals surface area contributed by atoms with Crippen molar-refractivity contribution in [2.75, 3.05) is 39.8 Å². The highest BCUT2D eigenvalue weighted by Crippen LogP contribution is 2.29. The molecule has 0 aliphatic carbocycles. The van der Waals surface area contributed by atoms with Gasteiger partial charge in [-0.1, -0.05) is 41.9 Å². The maximum absolute atomic E-state index is 12.5. The van der Waals surface area contributed by atoms with E-state index in [-0.39, 0.29) is 11.7 Å². The maximum atomic E-state index is 12.5. The number of carbonyl (C=O) groups excluding carboxylic acids is 1. The molecule has 0 radical (unpaired) electrons. The van der Waals surface area contributed by atoms with Gasteiger partial charge in [0.15, 0.2) is 5.58 Å². The summed E-state index contributed by atoms with van der Waals surface area (Å²) < 4.78 is 12.0. The first-order chi connectivity index (χ1) is 14.6. The van der Waals surface area contributed by atoms with Crippen LogP contribution < -0.4 is 5.76 Å². The number of nitrogens with zero attached hydrogens (tertiary/aromatic N) is 3. The molecule has 0 N–H and O–H groups in total. The Hall–Kier alpha value is -2.61. The number of methoxy groups -OCH3 is 1. The van der Waals surface area contributed by atoms with E-state index in [4.69, 9.17) is 20.8 Å². The first-order valence-corrected chi connectivity index (χ1v) is 10.3. The second-order valence-electron chi connectivity index (χ2n) is 7.31. The summed E-state index contributed by atoms with van der Waals surface area (Å²) in [6.45, 7) is 4.25. The van der Waals surface area contributed by atoms with Gasteiger partial charge in [-0.2, -0.15) is 0 Å². The number of rotatable bonds is 6. The van der Waals surface area contributed by atoms with Gasteiger partial charge in [0.05, 0.1) is 12.6 Å². The number of para-hydroxylation sites is 2. The number of esters is 1. The molecule has 158 valence electrons. The van der Waals surface area contributed by atoms with Gasteiger partial charge in [0.2, 0.25) is 0 Å². The number of piperazine rings is 1. The van der Waals surface area contributed by atoms with Crippen molar-refractivity contribution in [3.8, 4) is 0 Å². The molecule has 1 saturated heterocycles. The van der Waals surface area contributed by atoms with Crippen LogP contribution in [0, 0.1) is 0 Å². The van der Waals surface area contributed by atoms with Crippen molar-refractivity contribution in [3.63, 3.8) is 0 Å². The van der Waals surface area contributed by atoms with Crippen LogP contribution in [0.4, 0.5) is 0 Å². The van der Waals surface area contributed by atoms with Crippen molar-refractivity contribution in [1.29, 1.82) is 0 Å². The number of ether oxygens (including phenoxy) is 1. The van der Waals surface area contributed by atoms with E-state index in [1.54, 1.807) is 16.7 Å². The van der Waals surface area contributed by atoms with E-state index in [2.05, 4.69) is 9.80 Å². The van der Waals surface area contributed by atoms with E-state index in [0.29, 0.717) is 30.2 Å². The summed E-state index contributed by atoms with van der Waals surface area (Å²) >= 11 is 6.35. The fraction of sp³-hybridized carbons (Fsp3) is 0.364. The third-order valence-electron chi connectivity index (χ3n) is 5.61. The van der Waals surface area contributed by atoms with E-state index in [9.17, 15) is 9.59 Å². The van der Waals surface area contributed by atoms with E-state index in [1.165, 1.54) is 7.11 Å². The standard InChI is InChI=1S/C22H24ClN3O4/c1-29-21(27)20(16-6-2-3-7-17(16)23)25-13-10-24(11-14-25)12-15-26-18-8-4-5-9-19(18)30-22(26)28/h2-9,20H,10-15H2,1H3/t20-/m1/s1. The Bertz CT molecular complexity index is 1090. The molecular weight excluding hydrogens is 406 g/mol. The van der Waals surface area contributed by atoms with Crippen LogP contribution in [0.1, 0.15) is 11.6 Å². The Morgan fingerprint density at radius 2 is 1.77 bits per heavy atom. The predicted octanol–water partition coefficient (Wildman–Crippen LogP) is 2.78. The summed E-state index contributed by atoms with van der Waals surface area (Å²) in [6.07, 6.45) is 0. The fourth-order valence-electron chi connectivity index (χ4n) is 3.99. The van der Waals surface area contributed by atoms with E-state index in [0.717, 1.165) is 30.7 Å². The number of benzene rings is 2. The van der Waals surface area contributed by atoms with Gasteiger partial charge in [0.1, 0.15) is 6.04 Å². The Morgan fingerprint density at radius 1 is 1.07 bits per heavy atom. The van der Waals surface area contributed by atoms with Crippen molar-refractivity contribution in [2.45, 2.75) is 12.6 Å². The van der Waals surface area contributed by atoms with Gasteiger partial charge in [-0.3, -0.25) is 14.4 Å². The third-order valence-corrected chi connectivity index (χ3v) is 5.95. The zero-order valence-electron chi connectivity index (χ0n) is 16.8. The highest BCUT2D eigenvalue weighted by atomic mass is 35.5. The molecule has 0 bridgehead atoms. The average molecular weight is 430 g/mol. The van der Waals surface area contributed by atoms with Gasteiger partial charge in [-0.15, -0.1) is 0 Å². The number of carbonyl (C=O) groups is 1. The van der Waals surface area contributed by atoms with Crippen LogP contribution >= 0.6 is 11.6 Å². The predicted molar refractivity (Wildman–Crippen MR) is 115 cm³/mol. The van der Waals surface area contributed by atoms with Crippen molar-refractivity contribution in [2.24, 2.45) is 0 Å². The molecule has 8 heteroatoms. The SMILES string of the molecule is COC(=O)[C@@H](c1ccccc1Cl)N1CCN(CCn2c(=O)oc3ccccc32)CC1. The Morgan fingerprint density at radius 3 is 2.50 bits per heavy atom. The fourth-order valence-corrected chi connectivity index (χ4v) is 4.23. The number of hydrogen-bond acceptors (Lipinski definition) is 6. The Labute approximate surface area is 179 Å². The van der Waals surface area contributed by atoms with Gasteiger partial charge < -0.3 is 9.15 Å². The largest absolute Gasteiger partial charge is 0.468 e. The number of hydrogen-bond donors (Lipinski definition) is 0. The molecule has 1 atom stereocenters. The van der Waals surface area contributed by atoms with Crippen LogP contribution in [-0.4, -0.2) is 60.2 Å². The molecular formula is C22H24ClN3O4. The van der Waals surface area contributed by atoms with Crippen LogP contribution in [0.3, 0.4) is 0 Å². The zero-order chi connectivity index (χ0) is 21.1. The highest BCUT2D eigenvalue weighted by molar-refractivity contribution is 6.31. The Balaban J connectivity index is 1.41. The van der Waals surface area contributed by atoms with Crippen LogP contribution in [0.5, 0.6) is 0 Å². The lowest BCUT2D eigenvalue weighted by atomic mass is 10.0. The minimum atomic E-state index is -0.522. The lowest BCUT2D eigenvalue weighted by molar-refractivity contribution is -0.148. The van der Waals surface area contributed by atoms with Crippen LogP contribution in [0.15, 0.2) is 57.7 Å². The van der Waals surface area contributed by atoms with Gasteiger partial charge >= 0.3 is 11.7 Å². The quantitative estimate of drug-likeness (QED) is 0.561. The van der Waals surface area contributed by atoms with E-state index >= 15 is 0 Å². The second kappa shape index (κ2) is 9.04. The minimum Gasteiger partial charge on any atom is -0.468 e. The minimum absolute atomic E-state index is 0.312. The van der Waals surface area contributed by atoms with Crippen LogP contribution in [-0.2, 0) is 16.1 Å². The van der Waals surface area contributed by atoms with Crippen LogP contribution in [0.2, 0.25) is 5.02 Å². The summed E-state index contributed by atoms with van der Waals surface area (Å²) in [4.78, 5) is 29.0. The van der Waals surface area contributed by atoms with Gasteiger partial charge in [-0.05, 0) is 23.8 Å². The highest BCUT2D eigenvalue weighted by Gasteiger charge is 2.32. The first-order valence-electron chi connectivity index (χ1n) is 9.95. The van der Waals surface area contributed by atoms with E-state index < -0.39 is 6.04 Å². The molecule has 1 aliphatic rings. The van der Waals surface area contributed by atoms with Crippen molar-refractivity contribution < 1.29 is 13.9 Å². The van der Waals surface area contributed by atoms with Gasteiger partial charge in [0, 0.05) is 44.3 Å². The molecule has 0 amide bonds. The summed E-state index contributed by atoms with van der Waals surface area (Å²) in [5.41, 5.74) is 2.18. The molecule has 7 nitrogen and oxygen atoms in total. The average Bonchev–Trinajstić information content (AvgIpc) is 3.09. The normalized spacial score (nSPS) is 16.6. The van der Waals surface area contributed by atoms with Crippen LogP contribution in [0.25, 0.3) is 11.1 Å². The molecule has 2 heterocycles. The monoisotopic (exact) mass is 429 g/mol. The van der Waals surface area contributed by atoms with E-state index in [1.807, 2.05) is 36.4 Å². The molecule has 0 saturated carbocycles. The molecule has 2 aromatic carbocycles. The third kappa shape index (κ3) is 4.14. The van der Waals surface area contributed by atoms with Gasteiger partial charge in [-0.25, -0.2) is 9.59 Å². The molecule has 0 unspecified atom stereocenters. The topological polar surface area (TPSA) is 67.9 Å². The number of oxazole rings is 1. The molecule has 1 aliphatic heterocycles. The maximum Gasteiger partial charge on any atom is 0.419 e. The molecule has 4 rings (SSSR count). The van der Waals surface area contributed by atoms with Gasteiger partial charge in [0.25, 0.3) is 0 Å². The Kier molecular flexibility index (Phi) is 6.22. The summed E-state index contributed by atoms with van der Waals surface area (Å²) in [5.74, 6) is -0.646. The molecule has 1 aromatic heterocycles. The zero-order valence-corrected chi connectivity index (χ0v) is 17.5. The summed E-state index contributed by atoms with van der Waals surface area (Å²) in [7, 11) is 1.40.